The van der Waals surface area contributed by atoms with Crippen molar-refractivity contribution in [1.82, 2.24) is 0 Å². The standard InChI is InChI=1S/C26H26N2O2/c1-5-17-26(3,19(2)13-14-20-9-8-11-22(18-20)28(29)30)25-23-12-7-6-10-21(23)15-16-24(25)27-4/h5-16,18,27H,1-2,17H2,3-4H3. The highest BCUT2D eigenvalue weighted by molar-refractivity contribution is 5.92. The number of anilines is 1. The van der Waals surface area contributed by atoms with Crippen LogP contribution in [0.3, 0.4) is 0 Å². The van der Waals surface area contributed by atoms with E-state index in [1.54, 1.807) is 12.1 Å². The molecule has 0 heterocycles. The Morgan fingerprint density at radius 1 is 1.17 bits per heavy atom. The van der Waals surface area contributed by atoms with Crippen molar-refractivity contribution in [3.63, 3.8) is 0 Å². The van der Waals surface area contributed by atoms with Crippen LogP contribution in [0, 0.1) is 10.1 Å². The average molecular weight is 399 g/mol. The molecule has 4 heteroatoms. The molecular formula is C26H26N2O2. The van der Waals surface area contributed by atoms with Gasteiger partial charge in [-0.15, -0.1) is 6.58 Å². The molecule has 1 atom stereocenters. The summed E-state index contributed by atoms with van der Waals surface area (Å²) in [6.07, 6.45) is 6.44. The number of allylic oxidation sites excluding steroid dienone is 3. The summed E-state index contributed by atoms with van der Waals surface area (Å²) in [6.45, 7) is 10.5. The van der Waals surface area contributed by atoms with Gasteiger partial charge in [-0.05, 0) is 40.0 Å². The fourth-order valence-corrected chi connectivity index (χ4v) is 3.88. The van der Waals surface area contributed by atoms with Gasteiger partial charge in [-0.3, -0.25) is 10.1 Å². The number of hydrogen-bond donors (Lipinski definition) is 1. The molecule has 0 spiro atoms. The van der Waals surface area contributed by atoms with Crippen LogP contribution in [-0.2, 0) is 5.41 Å². The fraction of sp³-hybridized carbons (Fsp3) is 0.154. The van der Waals surface area contributed by atoms with E-state index in [0.29, 0.717) is 6.42 Å². The molecule has 30 heavy (non-hydrogen) atoms. The molecule has 0 aliphatic carbocycles. The van der Waals surface area contributed by atoms with Crippen molar-refractivity contribution in [2.24, 2.45) is 0 Å². The van der Waals surface area contributed by atoms with E-state index < -0.39 is 5.41 Å². The Bertz CT molecular complexity index is 1150. The smallest absolute Gasteiger partial charge is 0.270 e. The van der Waals surface area contributed by atoms with Crippen molar-refractivity contribution in [3.05, 3.63) is 113 Å². The highest BCUT2D eigenvalue weighted by atomic mass is 16.6. The zero-order valence-electron chi connectivity index (χ0n) is 17.4. The molecule has 0 aliphatic rings. The lowest BCUT2D eigenvalue weighted by Crippen LogP contribution is -2.24. The number of non-ortho nitro benzene ring substituents is 1. The number of nitrogens with one attached hydrogen (secondary N) is 1. The van der Waals surface area contributed by atoms with Gasteiger partial charge in [0.05, 0.1) is 4.92 Å². The van der Waals surface area contributed by atoms with Gasteiger partial charge >= 0.3 is 0 Å². The highest BCUT2D eigenvalue weighted by Gasteiger charge is 2.31. The third-order valence-electron chi connectivity index (χ3n) is 5.57. The van der Waals surface area contributed by atoms with E-state index in [0.717, 1.165) is 27.8 Å². The maximum atomic E-state index is 11.1. The van der Waals surface area contributed by atoms with Crippen molar-refractivity contribution in [3.8, 4) is 0 Å². The molecule has 0 saturated carbocycles. The van der Waals surface area contributed by atoms with Crippen LogP contribution >= 0.6 is 0 Å². The fourth-order valence-electron chi connectivity index (χ4n) is 3.88. The molecule has 0 saturated heterocycles. The SMILES string of the molecule is C=CCC(C)(C(=C)C=Cc1cccc([N+](=O)[O-])c1)c1c(NC)ccc2ccccc12. The Morgan fingerprint density at radius 3 is 2.63 bits per heavy atom. The van der Waals surface area contributed by atoms with Crippen LogP contribution in [0.25, 0.3) is 16.8 Å². The summed E-state index contributed by atoms with van der Waals surface area (Å²) in [5.74, 6) is 0. The van der Waals surface area contributed by atoms with Crippen LogP contribution < -0.4 is 5.32 Å². The quantitative estimate of drug-likeness (QED) is 0.194. The minimum Gasteiger partial charge on any atom is -0.388 e. The molecule has 152 valence electrons. The second-order valence-corrected chi connectivity index (χ2v) is 7.49. The number of hydrogen-bond acceptors (Lipinski definition) is 3. The van der Waals surface area contributed by atoms with E-state index in [-0.39, 0.29) is 10.6 Å². The molecule has 4 nitrogen and oxygen atoms in total. The third-order valence-corrected chi connectivity index (χ3v) is 5.57. The Morgan fingerprint density at radius 2 is 1.93 bits per heavy atom. The average Bonchev–Trinajstić information content (AvgIpc) is 2.76. The van der Waals surface area contributed by atoms with E-state index in [9.17, 15) is 10.1 Å². The molecule has 0 fully saturated rings. The summed E-state index contributed by atoms with van der Waals surface area (Å²) < 4.78 is 0. The Kier molecular flexibility index (Phi) is 6.17. The Labute approximate surface area is 177 Å². The first-order chi connectivity index (χ1) is 14.4. The molecule has 0 aromatic heterocycles. The lowest BCUT2D eigenvalue weighted by molar-refractivity contribution is -0.384. The first kappa shape index (κ1) is 21.1. The van der Waals surface area contributed by atoms with Crippen LogP contribution in [-0.4, -0.2) is 12.0 Å². The summed E-state index contributed by atoms with van der Waals surface area (Å²) in [7, 11) is 1.92. The minimum atomic E-state index is -0.405. The second kappa shape index (κ2) is 8.78. The molecule has 0 aliphatic heterocycles. The Hall–Kier alpha value is -3.66. The van der Waals surface area contributed by atoms with E-state index in [1.807, 2.05) is 43.5 Å². The molecule has 3 rings (SSSR count). The van der Waals surface area contributed by atoms with Crippen molar-refractivity contribution >= 4 is 28.2 Å². The van der Waals surface area contributed by atoms with Crippen molar-refractivity contribution in [2.75, 3.05) is 12.4 Å². The van der Waals surface area contributed by atoms with Crippen LogP contribution in [0.5, 0.6) is 0 Å². The van der Waals surface area contributed by atoms with Gasteiger partial charge in [0, 0.05) is 30.3 Å². The van der Waals surface area contributed by atoms with Gasteiger partial charge in [-0.25, -0.2) is 0 Å². The van der Waals surface area contributed by atoms with E-state index >= 15 is 0 Å². The monoisotopic (exact) mass is 398 g/mol. The molecule has 3 aromatic rings. The van der Waals surface area contributed by atoms with E-state index in [1.165, 1.54) is 11.5 Å². The number of nitro benzene ring substituents is 1. The van der Waals surface area contributed by atoms with Gasteiger partial charge in [-0.1, -0.05) is 74.2 Å². The van der Waals surface area contributed by atoms with Gasteiger partial charge in [0.1, 0.15) is 0 Å². The number of rotatable bonds is 8. The molecule has 0 amide bonds. The van der Waals surface area contributed by atoms with E-state index in [2.05, 4.69) is 49.7 Å². The van der Waals surface area contributed by atoms with Crippen LogP contribution in [0.1, 0.15) is 24.5 Å². The van der Waals surface area contributed by atoms with Crippen LogP contribution in [0.4, 0.5) is 11.4 Å². The van der Waals surface area contributed by atoms with Crippen LogP contribution in [0.2, 0.25) is 0 Å². The Balaban J connectivity index is 2.10. The van der Waals surface area contributed by atoms with Crippen LogP contribution in [0.15, 0.2) is 91.5 Å². The number of nitro groups is 1. The predicted octanol–water partition coefficient (Wildman–Crippen LogP) is 6.89. The van der Waals surface area contributed by atoms with Crippen molar-refractivity contribution in [2.45, 2.75) is 18.8 Å². The van der Waals surface area contributed by atoms with Gasteiger partial charge in [0.15, 0.2) is 0 Å². The molecular weight excluding hydrogens is 372 g/mol. The minimum absolute atomic E-state index is 0.0724. The zero-order chi connectivity index (χ0) is 21.7. The largest absolute Gasteiger partial charge is 0.388 e. The topological polar surface area (TPSA) is 55.2 Å². The summed E-state index contributed by atoms with van der Waals surface area (Å²) in [6, 6.07) is 19.1. The lowest BCUT2D eigenvalue weighted by atomic mass is 9.71. The van der Waals surface area contributed by atoms with Gasteiger partial charge in [0.25, 0.3) is 5.69 Å². The summed E-state index contributed by atoms with van der Waals surface area (Å²) >= 11 is 0. The normalized spacial score (nSPS) is 13.1. The lowest BCUT2D eigenvalue weighted by Gasteiger charge is -2.33. The summed E-state index contributed by atoms with van der Waals surface area (Å²) in [5, 5.41) is 16.7. The number of benzene rings is 3. The molecule has 0 radical (unpaired) electrons. The third kappa shape index (κ3) is 4.03. The van der Waals surface area contributed by atoms with Gasteiger partial charge in [0.2, 0.25) is 0 Å². The van der Waals surface area contributed by atoms with E-state index in [4.69, 9.17) is 0 Å². The predicted molar refractivity (Wildman–Crippen MR) is 127 cm³/mol. The first-order valence-electron chi connectivity index (χ1n) is 9.83. The van der Waals surface area contributed by atoms with Crippen molar-refractivity contribution in [1.29, 1.82) is 0 Å². The molecule has 0 bridgehead atoms. The zero-order valence-corrected chi connectivity index (χ0v) is 17.4. The molecule has 1 N–H and O–H groups in total. The maximum absolute atomic E-state index is 11.1. The van der Waals surface area contributed by atoms with Gasteiger partial charge in [-0.2, -0.15) is 0 Å². The van der Waals surface area contributed by atoms with Gasteiger partial charge < -0.3 is 5.32 Å². The molecule has 3 aromatic carbocycles. The highest BCUT2D eigenvalue weighted by Crippen LogP contribution is 2.43. The molecule has 1 unspecified atom stereocenters. The maximum Gasteiger partial charge on any atom is 0.270 e. The number of fused-ring (bicyclic) bond motifs is 1. The van der Waals surface area contributed by atoms with Crippen molar-refractivity contribution < 1.29 is 4.92 Å². The number of nitrogens with zero attached hydrogens (tertiary/aromatic N) is 1. The summed E-state index contributed by atoms with van der Waals surface area (Å²) in [5.41, 5.74) is 3.54. The second-order valence-electron chi connectivity index (χ2n) is 7.49. The first-order valence-corrected chi connectivity index (χ1v) is 9.83. The summed E-state index contributed by atoms with van der Waals surface area (Å²) in [4.78, 5) is 10.7.